The van der Waals surface area contributed by atoms with Crippen LogP contribution in [0.4, 0.5) is 0 Å². The summed E-state index contributed by atoms with van der Waals surface area (Å²) in [5.74, 6) is 1.49. The molecule has 0 aliphatic carbocycles. The number of hydrogen-bond acceptors (Lipinski definition) is 4. The lowest BCUT2D eigenvalue weighted by atomic mass is 9.93. The van der Waals surface area contributed by atoms with Crippen LogP contribution >= 0.6 is 0 Å². The third kappa shape index (κ3) is 3.35. The summed E-state index contributed by atoms with van der Waals surface area (Å²) in [7, 11) is 0. The molecule has 0 radical (unpaired) electrons. The van der Waals surface area contributed by atoms with Crippen LogP contribution in [-0.4, -0.2) is 36.5 Å². The van der Waals surface area contributed by atoms with Crippen molar-refractivity contribution in [1.29, 1.82) is 0 Å². The normalized spacial score (nSPS) is 21.4. The fourth-order valence-corrected chi connectivity index (χ4v) is 2.19. The SMILES string of the molecule is OCC(COc1cccc(O)c1)C1CCNC1. The summed E-state index contributed by atoms with van der Waals surface area (Å²) in [6, 6.07) is 6.75. The summed E-state index contributed by atoms with van der Waals surface area (Å²) in [6.07, 6.45) is 1.09. The Bertz CT molecular complexity index is 350. The van der Waals surface area contributed by atoms with E-state index in [1.54, 1.807) is 24.3 Å². The van der Waals surface area contributed by atoms with Gasteiger partial charge >= 0.3 is 0 Å². The van der Waals surface area contributed by atoms with Crippen molar-refractivity contribution in [3.8, 4) is 11.5 Å². The largest absolute Gasteiger partial charge is 0.508 e. The molecule has 1 fully saturated rings. The van der Waals surface area contributed by atoms with Crippen LogP contribution in [0, 0.1) is 11.8 Å². The van der Waals surface area contributed by atoms with E-state index in [9.17, 15) is 10.2 Å². The maximum absolute atomic E-state index is 9.36. The van der Waals surface area contributed by atoms with Crippen molar-refractivity contribution in [2.24, 2.45) is 11.8 Å². The van der Waals surface area contributed by atoms with Gasteiger partial charge in [0.15, 0.2) is 0 Å². The second-order valence-corrected chi connectivity index (χ2v) is 4.50. The molecule has 4 heteroatoms. The molecule has 1 aromatic carbocycles. The smallest absolute Gasteiger partial charge is 0.122 e. The second-order valence-electron chi connectivity index (χ2n) is 4.50. The fourth-order valence-electron chi connectivity index (χ4n) is 2.19. The lowest BCUT2D eigenvalue weighted by Crippen LogP contribution is -2.26. The molecule has 2 rings (SSSR count). The molecule has 94 valence electrons. The predicted molar refractivity (Wildman–Crippen MR) is 65.2 cm³/mol. The first-order chi connectivity index (χ1) is 8.29. The second kappa shape index (κ2) is 5.89. The number of aliphatic hydroxyl groups is 1. The lowest BCUT2D eigenvalue weighted by molar-refractivity contribution is 0.124. The van der Waals surface area contributed by atoms with Gasteiger partial charge in [0.2, 0.25) is 0 Å². The third-order valence-corrected chi connectivity index (χ3v) is 3.28. The highest BCUT2D eigenvalue weighted by molar-refractivity contribution is 5.31. The van der Waals surface area contributed by atoms with Gasteiger partial charge in [-0.25, -0.2) is 0 Å². The number of aliphatic hydroxyl groups excluding tert-OH is 1. The Morgan fingerprint density at radius 1 is 1.47 bits per heavy atom. The zero-order valence-corrected chi connectivity index (χ0v) is 9.80. The molecule has 1 saturated heterocycles. The molecule has 0 amide bonds. The van der Waals surface area contributed by atoms with E-state index < -0.39 is 0 Å². The van der Waals surface area contributed by atoms with E-state index in [-0.39, 0.29) is 18.3 Å². The van der Waals surface area contributed by atoms with Crippen LogP contribution in [0.25, 0.3) is 0 Å². The molecule has 1 aliphatic heterocycles. The summed E-state index contributed by atoms with van der Waals surface area (Å²) in [4.78, 5) is 0. The average molecular weight is 237 g/mol. The quantitative estimate of drug-likeness (QED) is 0.714. The van der Waals surface area contributed by atoms with Crippen LogP contribution in [0.15, 0.2) is 24.3 Å². The van der Waals surface area contributed by atoms with Crippen molar-refractivity contribution in [3.05, 3.63) is 24.3 Å². The molecule has 1 aliphatic rings. The Morgan fingerprint density at radius 2 is 2.35 bits per heavy atom. The number of nitrogens with one attached hydrogen (secondary N) is 1. The molecule has 0 saturated carbocycles. The van der Waals surface area contributed by atoms with Crippen LogP contribution in [0.2, 0.25) is 0 Å². The zero-order valence-electron chi connectivity index (χ0n) is 9.80. The molecule has 1 heterocycles. The molecule has 2 atom stereocenters. The minimum atomic E-state index is 0.144. The lowest BCUT2D eigenvalue weighted by Gasteiger charge is -2.20. The minimum Gasteiger partial charge on any atom is -0.508 e. The highest BCUT2D eigenvalue weighted by Gasteiger charge is 2.24. The van der Waals surface area contributed by atoms with Crippen molar-refractivity contribution in [2.75, 3.05) is 26.3 Å². The number of phenolic OH excluding ortho intramolecular Hbond substituents is 1. The molecule has 0 spiro atoms. The average Bonchev–Trinajstić information content (AvgIpc) is 2.84. The van der Waals surface area contributed by atoms with E-state index in [0.717, 1.165) is 19.5 Å². The molecular formula is C13H19NO3. The van der Waals surface area contributed by atoms with Crippen molar-refractivity contribution in [1.82, 2.24) is 5.32 Å². The number of aromatic hydroxyl groups is 1. The Morgan fingerprint density at radius 3 is 3.00 bits per heavy atom. The molecule has 0 bridgehead atoms. The Balaban J connectivity index is 1.87. The molecule has 0 aromatic heterocycles. The van der Waals surface area contributed by atoms with E-state index in [2.05, 4.69) is 5.32 Å². The number of phenols is 1. The van der Waals surface area contributed by atoms with Gasteiger partial charge in [-0.3, -0.25) is 0 Å². The van der Waals surface area contributed by atoms with Gasteiger partial charge in [-0.2, -0.15) is 0 Å². The molecule has 3 N–H and O–H groups in total. The predicted octanol–water partition coefficient (Wildman–Crippen LogP) is 0.989. The van der Waals surface area contributed by atoms with E-state index in [1.165, 1.54) is 0 Å². The Labute approximate surface area is 101 Å². The molecule has 17 heavy (non-hydrogen) atoms. The van der Waals surface area contributed by atoms with Crippen molar-refractivity contribution in [2.45, 2.75) is 6.42 Å². The van der Waals surface area contributed by atoms with Crippen molar-refractivity contribution in [3.63, 3.8) is 0 Å². The summed E-state index contributed by atoms with van der Waals surface area (Å²) in [6.45, 7) is 2.61. The van der Waals surface area contributed by atoms with Gasteiger partial charge in [0.05, 0.1) is 6.61 Å². The maximum Gasteiger partial charge on any atom is 0.122 e. The van der Waals surface area contributed by atoms with Gasteiger partial charge in [0.1, 0.15) is 11.5 Å². The number of benzene rings is 1. The molecule has 2 unspecified atom stereocenters. The molecule has 1 aromatic rings. The zero-order chi connectivity index (χ0) is 12.1. The van der Waals surface area contributed by atoms with Crippen molar-refractivity contribution >= 4 is 0 Å². The minimum absolute atomic E-state index is 0.144. The highest BCUT2D eigenvalue weighted by Crippen LogP contribution is 2.22. The number of rotatable bonds is 5. The van der Waals surface area contributed by atoms with E-state index in [0.29, 0.717) is 18.3 Å². The first-order valence-electron chi connectivity index (χ1n) is 6.03. The number of ether oxygens (including phenoxy) is 1. The first kappa shape index (κ1) is 12.2. The van der Waals surface area contributed by atoms with Crippen LogP contribution in [0.3, 0.4) is 0 Å². The van der Waals surface area contributed by atoms with Crippen LogP contribution in [-0.2, 0) is 0 Å². The van der Waals surface area contributed by atoms with Gasteiger partial charge in [-0.15, -0.1) is 0 Å². The van der Waals surface area contributed by atoms with Crippen molar-refractivity contribution < 1.29 is 14.9 Å². The Hall–Kier alpha value is -1.26. The third-order valence-electron chi connectivity index (χ3n) is 3.28. The number of hydrogen-bond donors (Lipinski definition) is 3. The van der Waals surface area contributed by atoms with Crippen LogP contribution in [0.5, 0.6) is 11.5 Å². The van der Waals surface area contributed by atoms with Gasteiger partial charge in [-0.1, -0.05) is 6.07 Å². The topological polar surface area (TPSA) is 61.7 Å². The highest BCUT2D eigenvalue weighted by atomic mass is 16.5. The van der Waals surface area contributed by atoms with E-state index >= 15 is 0 Å². The fraction of sp³-hybridized carbons (Fsp3) is 0.538. The van der Waals surface area contributed by atoms with Gasteiger partial charge in [0, 0.05) is 18.6 Å². The standard InChI is InChI=1S/C13H19NO3/c15-8-11(10-4-5-14-7-10)9-17-13-3-1-2-12(16)6-13/h1-3,6,10-11,14-16H,4-5,7-9H2. The first-order valence-corrected chi connectivity index (χ1v) is 6.03. The summed E-state index contributed by atoms with van der Waals surface area (Å²) in [5, 5.41) is 22.0. The summed E-state index contributed by atoms with van der Waals surface area (Å²) < 4.78 is 5.60. The summed E-state index contributed by atoms with van der Waals surface area (Å²) >= 11 is 0. The van der Waals surface area contributed by atoms with Gasteiger partial charge < -0.3 is 20.3 Å². The molecule has 4 nitrogen and oxygen atoms in total. The molecular weight excluding hydrogens is 218 g/mol. The summed E-state index contributed by atoms with van der Waals surface area (Å²) in [5.41, 5.74) is 0. The monoisotopic (exact) mass is 237 g/mol. The van der Waals surface area contributed by atoms with Gasteiger partial charge in [-0.05, 0) is 37.6 Å². The Kier molecular flexibility index (Phi) is 4.23. The van der Waals surface area contributed by atoms with Crippen LogP contribution < -0.4 is 10.1 Å². The maximum atomic E-state index is 9.36. The van der Waals surface area contributed by atoms with E-state index in [1.807, 2.05) is 0 Å². The van der Waals surface area contributed by atoms with Gasteiger partial charge in [0.25, 0.3) is 0 Å². The van der Waals surface area contributed by atoms with Crippen LogP contribution in [0.1, 0.15) is 6.42 Å². The van der Waals surface area contributed by atoms with E-state index in [4.69, 9.17) is 4.74 Å².